The Morgan fingerprint density at radius 2 is 1.88 bits per heavy atom. The summed E-state index contributed by atoms with van der Waals surface area (Å²) in [6, 6.07) is 7.18. The number of halogens is 1. The van der Waals surface area contributed by atoms with E-state index in [4.69, 9.17) is 10.2 Å². The van der Waals surface area contributed by atoms with Crippen LogP contribution in [0, 0.1) is 0 Å². The van der Waals surface area contributed by atoms with Crippen molar-refractivity contribution in [3.8, 4) is 0 Å². The van der Waals surface area contributed by atoms with Gasteiger partial charge in [-0.15, -0.1) is 0 Å². The second-order valence-electron chi connectivity index (χ2n) is 3.66. The number of ketones is 1. The molecule has 17 heavy (non-hydrogen) atoms. The van der Waals surface area contributed by atoms with Crippen molar-refractivity contribution >= 4 is 21.7 Å². The molecule has 1 aromatic rings. The molecule has 5 heteroatoms. The van der Waals surface area contributed by atoms with Crippen LogP contribution in [-0.4, -0.2) is 53.7 Å². The summed E-state index contributed by atoms with van der Waals surface area (Å²) in [7, 11) is 0. The van der Waals surface area contributed by atoms with Gasteiger partial charge < -0.3 is 10.2 Å². The molecule has 1 aromatic carbocycles. The molecule has 0 aliphatic heterocycles. The molecule has 0 heterocycles. The predicted molar refractivity (Wildman–Crippen MR) is 69.1 cm³/mol. The zero-order chi connectivity index (χ0) is 12.7. The van der Waals surface area contributed by atoms with Crippen molar-refractivity contribution in [2.24, 2.45) is 0 Å². The second kappa shape index (κ2) is 7.55. The normalized spacial score (nSPS) is 10.8. The highest BCUT2D eigenvalue weighted by Gasteiger charge is 2.11. The Kier molecular flexibility index (Phi) is 6.36. The van der Waals surface area contributed by atoms with E-state index >= 15 is 0 Å². The van der Waals surface area contributed by atoms with E-state index in [2.05, 4.69) is 15.9 Å². The van der Waals surface area contributed by atoms with Gasteiger partial charge in [-0.05, 0) is 12.1 Å². The van der Waals surface area contributed by atoms with Gasteiger partial charge in [0.05, 0.1) is 19.8 Å². The topological polar surface area (TPSA) is 60.8 Å². The SMILES string of the molecule is O=C(CN(CCO)CCO)c1cccc(Br)c1. The lowest BCUT2D eigenvalue weighted by Gasteiger charge is -2.19. The first-order valence-corrected chi connectivity index (χ1v) is 6.19. The number of carbonyl (C=O) groups excluding carboxylic acids is 1. The summed E-state index contributed by atoms with van der Waals surface area (Å²) in [5, 5.41) is 17.7. The molecule has 0 amide bonds. The Morgan fingerprint density at radius 1 is 1.24 bits per heavy atom. The van der Waals surface area contributed by atoms with Crippen LogP contribution < -0.4 is 0 Å². The van der Waals surface area contributed by atoms with E-state index in [0.717, 1.165) is 4.47 Å². The Labute approximate surface area is 109 Å². The Balaban J connectivity index is 2.63. The maximum atomic E-state index is 11.9. The summed E-state index contributed by atoms with van der Waals surface area (Å²) in [6.07, 6.45) is 0. The van der Waals surface area contributed by atoms with Gasteiger partial charge in [-0.25, -0.2) is 0 Å². The van der Waals surface area contributed by atoms with E-state index in [1.807, 2.05) is 6.07 Å². The van der Waals surface area contributed by atoms with Crippen molar-refractivity contribution in [1.82, 2.24) is 4.90 Å². The highest BCUT2D eigenvalue weighted by Crippen LogP contribution is 2.12. The van der Waals surface area contributed by atoms with Crippen LogP contribution in [0.1, 0.15) is 10.4 Å². The van der Waals surface area contributed by atoms with Crippen LogP contribution in [0.25, 0.3) is 0 Å². The fraction of sp³-hybridized carbons (Fsp3) is 0.417. The van der Waals surface area contributed by atoms with Crippen LogP contribution in [0.3, 0.4) is 0 Å². The smallest absolute Gasteiger partial charge is 0.176 e. The van der Waals surface area contributed by atoms with Crippen LogP contribution in [0.5, 0.6) is 0 Å². The van der Waals surface area contributed by atoms with Gasteiger partial charge in [0.2, 0.25) is 0 Å². The van der Waals surface area contributed by atoms with Crippen LogP contribution in [0.2, 0.25) is 0 Å². The minimum absolute atomic E-state index is 0.0202. The summed E-state index contributed by atoms with van der Waals surface area (Å²) in [4.78, 5) is 13.7. The van der Waals surface area contributed by atoms with Crippen LogP contribution in [0.4, 0.5) is 0 Å². The number of aliphatic hydroxyl groups excluding tert-OH is 2. The Bertz CT molecular complexity index is 365. The summed E-state index contributed by atoms with van der Waals surface area (Å²) in [5.74, 6) is -0.0202. The molecule has 0 bridgehead atoms. The molecule has 0 aliphatic carbocycles. The van der Waals surface area contributed by atoms with E-state index < -0.39 is 0 Å². The number of hydrogen-bond donors (Lipinski definition) is 2. The molecular formula is C12H16BrNO3. The summed E-state index contributed by atoms with van der Waals surface area (Å²) < 4.78 is 0.860. The molecule has 0 aliphatic rings. The molecular weight excluding hydrogens is 286 g/mol. The highest BCUT2D eigenvalue weighted by atomic mass is 79.9. The molecule has 0 unspecified atom stereocenters. The minimum atomic E-state index is -0.0221. The first-order valence-electron chi connectivity index (χ1n) is 5.40. The van der Waals surface area contributed by atoms with Crippen molar-refractivity contribution in [2.75, 3.05) is 32.8 Å². The molecule has 1 rings (SSSR count). The number of aliphatic hydroxyl groups is 2. The van der Waals surface area contributed by atoms with E-state index in [1.54, 1.807) is 23.1 Å². The minimum Gasteiger partial charge on any atom is -0.395 e. The molecule has 0 fully saturated rings. The monoisotopic (exact) mass is 301 g/mol. The molecule has 0 aromatic heterocycles. The van der Waals surface area contributed by atoms with Crippen LogP contribution in [0.15, 0.2) is 28.7 Å². The maximum Gasteiger partial charge on any atom is 0.176 e. The Hall–Kier alpha value is -0.750. The molecule has 0 radical (unpaired) electrons. The van der Waals surface area contributed by atoms with Crippen molar-refractivity contribution in [3.63, 3.8) is 0 Å². The largest absolute Gasteiger partial charge is 0.395 e. The van der Waals surface area contributed by atoms with Gasteiger partial charge in [-0.2, -0.15) is 0 Å². The fourth-order valence-corrected chi connectivity index (χ4v) is 1.91. The molecule has 0 saturated carbocycles. The molecule has 4 nitrogen and oxygen atoms in total. The molecule has 0 spiro atoms. The highest BCUT2D eigenvalue weighted by molar-refractivity contribution is 9.10. The fourth-order valence-electron chi connectivity index (χ4n) is 1.51. The molecule has 0 atom stereocenters. The van der Waals surface area contributed by atoms with Gasteiger partial charge >= 0.3 is 0 Å². The molecule has 2 N–H and O–H groups in total. The second-order valence-corrected chi connectivity index (χ2v) is 4.57. The molecule has 94 valence electrons. The maximum absolute atomic E-state index is 11.9. The Morgan fingerprint density at radius 3 is 2.41 bits per heavy atom. The third-order valence-corrected chi connectivity index (χ3v) is 2.84. The predicted octanol–water partition coefficient (Wildman–Crippen LogP) is 0.918. The van der Waals surface area contributed by atoms with Gasteiger partial charge in [0.15, 0.2) is 5.78 Å². The van der Waals surface area contributed by atoms with Crippen molar-refractivity contribution in [1.29, 1.82) is 0 Å². The number of benzene rings is 1. The standard InChI is InChI=1S/C12H16BrNO3/c13-11-3-1-2-10(8-11)12(17)9-14(4-6-15)5-7-16/h1-3,8,15-16H,4-7,9H2. The quantitative estimate of drug-likeness (QED) is 0.735. The first kappa shape index (κ1) is 14.3. The van der Waals surface area contributed by atoms with Gasteiger partial charge in [-0.1, -0.05) is 28.1 Å². The average Bonchev–Trinajstić information content (AvgIpc) is 2.29. The van der Waals surface area contributed by atoms with Crippen molar-refractivity contribution < 1.29 is 15.0 Å². The average molecular weight is 302 g/mol. The number of carbonyl (C=O) groups is 1. The van der Waals surface area contributed by atoms with Crippen LogP contribution in [-0.2, 0) is 0 Å². The lowest BCUT2D eigenvalue weighted by Crippen LogP contribution is -2.34. The molecule has 0 saturated heterocycles. The van der Waals surface area contributed by atoms with Crippen LogP contribution >= 0.6 is 15.9 Å². The van der Waals surface area contributed by atoms with E-state index in [0.29, 0.717) is 18.7 Å². The zero-order valence-electron chi connectivity index (χ0n) is 9.47. The number of Topliss-reactive ketones (excluding diaryl/α,β-unsaturated/α-hetero) is 1. The number of hydrogen-bond acceptors (Lipinski definition) is 4. The lowest BCUT2D eigenvalue weighted by molar-refractivity contribution is 0.0894. The first-order chi connectivity index (χ1) is 8.17. The summed E-state index contributed by atoms with van der Waals surface area (Å²) >= 11 is 3.31. The van der Waals surface area contributed by atoms with Gasteiger partial charge in [0, 0.05) is 23.1 Å². The van der Waals surface area contributed by atoms with E-state index in [9.17, 15) is 4.79 Å². The third-order valence-electron chi connectivity index (χ3n) is 2.35. The van der Waals surface area contributed by atoms with Gasteiger partial charge in [-0.3, -0.25) is 9.69 Å². The number of nitrogens with zero attached hydrogens (tertiary/aromatic N) is 1. The van der Waals surface area contributed by atoms with Gasteiger partial charge in [0.25, 0.3) is 0 Å². The zero-order valence-corrected chi connectivity index (χ0v) is 11.1. The summed E-state index contributed by atoms with van der Waals surface area (Å²) in [5.41, 5.74) is 0.625. The summed E-state index contributed by atoms with van der Waals surface area (Å²) in [6.45, 7) is 0.940. The van der Waals surface area contributed by atoms with E-state index in [-0.39, 0.29) is 25.5 Å². The third kappa shape index (κ3) is 4.95. The van der Waals surface area contributed by atoms with Gasteiger partial charge in [0.1, 0.15) is 0 Å². The van der Waals surface area contributed by atoms with E-state index in [1.165, 1.54) is 0 Å². The van der Waals surface area contributed by atoms with Crippen molar-refractivity contribution in [2.45, 2.75) is 0 Å². The lowest BCUT2D eigenvalue weighted by atomic mass is 10.1. The van der Waals surface area contributed by atoms with Crippen molar-refractivity contribution in [3.05, 3.63) is 34.3 Å². The number of rotatable bonds is 7.